The van der Waals surface area contributed by atoms with Crippen LogP contribution in [0.4, 0.5) is 23.2 Å². The van der Waals surface area contributed by atoms with Gasteiger partial charge in [0.25, 0.3) is 0 Å². The first-order chi connectivity index (χ1) is 9.79. The van der Waals surface area contributed by atoms with Crippen molar-refractivity contribution in [3.8, 4) is 0 Å². The first-order valence-electron chi connectivity index (χ1n) is 6.70. The Labute approximate surface area is 119 Å². The first-order valence-corrected chi connectivity index (χ1v) is 6.70. The van der Waals surface area contributed by atoms with Gasteiger partial charge in [-0.15, -0.1) is 0 Å². The molecule has 7 heteroatoms. The summed E-state index contributed by atoms with van der Waals surface area (Å²) in [5.74, 6) is -1.66. The number of halogens is 4. The number of hydrogen-bond acceptors (Lipinski definition) is 2. The maximum atomic E-state index is 13.2. The van der Waals surface area contributed by atoms with Crippen LogP contribution in [0.5, 0.6) is 0 Å². The summed E-state index contributed by atoms with van der Waals surface area (Å²) in [5, 5.41) is 5.45. The van der Waals surface area contributed by atoms with E-state index in [1.54, 1.807) is 0 Å². The van der Waals surface area contributed by atoms with Crippen LogP contribution in [0.3, 0.4) is 0 Å². The summed E-state index contributed by atoms with van der Waals surface area (Å²) in [5.41, 5.74) is -1.45. The van der Waals surface area contributed by atoms with E-state index in [0.29, 0.717) is 18.7 Å². The molecule has 21 heavy (non-hydrogen) atoms. The molecule has 1 aliphatic rings. The highest BCUT2D eigenvalue weighted by Gasteiger charge is 2.34. The number of benzene rings is 1. The zero-order valence-corrected chi connectivity index (χ0v) is 11.4. The highest BCUT2D eigenvalue weighted by Crippen LogP contribution is 2.33. The van der Waals surface area contributed by atoms with Crippen molar-refractivity contribution in [2.24, 2.45) is 5.92 Å². The minimum absolute atomic E-state index is 0.0618. The molecule has 3 nitrogen and oxygen atoms in total. The number of alkyl halides is 3. The minimum Gasteiger partial charge on any atom is -0.325 e. The summed E-state index contributed by atoms with van der Waals surface area (Å²) in [6.07, 6.45) is -2.96. The topological polar surface area (TPSA) is 41.1 Å². The molecule has 1 aromatic rings. The van der Waals surface area contributed by atoms with E-state index in [1.165, 1.54) is 0 Å². The quantitative estimate of drug-likeness (QED) is 0.824. The van der Waals surface area contributed by atoms with Crippen molar-refractivity contribution in [2.75, 3.05) is 11.9 Å². The van der Waals surface area contributed by atoms with E-state index < -0.39 is 29.5 Å². The SMILES string of the molecule is CC1CCCNC1C(=O)Nc1ccc(F)c(C(F)(F)F)c1. The third kappa shape index (κ3) is 3.72. The largest absolute Gasteiger partial charge is 0.419 e. The van der Waals surface area contributed by atoms with Gasteiger partial charge in [0, 0.05) is 5.69 Å². The number of anilines is 1. The van der Waals surface area contributed by atoms with Crippen LogP contribution in [0.15, 0.2) is 18.2 Å². The van der Waals surface area contributed by atoms with E-state index in [2.05, 4.69) is 10.6 Å². The van der Waals surface area contributed by atoms with Gasteiger partial charge in [0.1, 0.15) is 5.82 Å². The van der Waals surface area contributed by atoms with Crippen LogP contribution in [0.25, 0.3) is 0 Å². The fraction of sp³-hybridized carbons (Fsp3) is 0.500. The van der Waals surface area contributed by atoms with E-state index in [9.17, 15) is 22.4 Å². The van der Waals surface area contributed by atoms with Crippen molar-refractivity contribution in [2.45, 2.75) is 32.0 Å². The van der Waals surface area contributed by atoms with E-state index in [0.717, 1.165) is 18.9 Å². The highest BCUT2D eigenvalue weighted by atomic mass is 19.4. The molecule has 1 heterocycles. The van der Waals surface area contributed by atoms with Crippen molar-refractivity contribution in [3.63, 3.8) is 0 Å². The molecular formula is C14H16F4N2O. The fourth-order valence-electron chi connectivity index (χ4n) is 2.44. The molecule has 1 amide bonds. The number of rotatable bonds is 2. The Morgan fingerprint density at radius 3 is 2.71 bits per heavy atom. The lowest BCUT2D eigenvalue weighted by Gasteiger charge is -2.29. The molecule has 116 valence electrons. The molecule has 2 N–H and O–H groups in total. The Kier molecular flexibility index (Phi) is 4.51. The van der Waals surface area contributed by atoms with Gasteiger partial charge in [0.05, 0.1) is 11.6 Å². The Balaban J connectivity index is 2.14. The molecule has 0 radical (unpaired) electrons. The maximum Gasteiger partial charge on any atom is 0.419 e. The van der Waals surface area contributed by atoms with Crippen molar-refractivity contribution < 1.29 is 22.4 Å². The molecule has 1 fully saturated rings. The van der Waals surface area contributed by atoms with E-state index in [-0.39, 0.29) is 11.6 Å². The average molecular weight is 304 g/mol. The average Bonchev–Trinajstić information content (AvgIpc) is 2.40. The molecule has 0 bridgehead atoms. The zero-order valence-electron chi connectivity index (χ0n) is 11.4. The van der Waals surface area contributed by atoms with Crippen molar-refractivity contribution in [1.82, 2.24) is 5.32 Å². The number of piperidine rings is 1. The third-order valence-corrected chi connectivity index (χ3v) is 3.59. The van der Waals surface area contributed by atoms with Crippen LogP contribution in [0.1, 0.15) is 25.3 Å². The van der Waals surface area contributed by atoms with E-state index in [1.807, 2.05) is 6.92 Å². The fourth-order valence-corrected chi connectivity index (χ4v) is 2.44. The number of carbonyl (C=O) groups excluding carboxylic acids is 1. The van der Waals surface area contributed by atoms with Gasteiger partial charge in [-0.05, 0) is 43.5 Å². The molecule has 2 unspecified atom stereocenters. The lowest BCUT2D eigenvalue weighted by atomic mass is 9.92. The lowest BCUT2D eigenvalue weighted by Crippen LogP contribution is -2.48. The van der Waals surface area contributed by atoms with Gasteiger partial charge in [-0.25, -0.2) is 4.39 Å². The van der Waals surface area contributed by atoms with Gasteiger partial charge in [0.15, 0.2) is 0 Å². The van der Waals surface area contributed by atoms with Crippen LogP contribution in [-0.2, 0) is 11.0 Å². The molecule has 1 aromatic carbocycles. The summed E-state index contributed by atoms with van der Waals surface area (Å²) in [4.78, 5) is 12.1. The second-order valence-corrected chi connectivity index (χ2v) is 5.23. The maximum absolute atomic E-state index is 13.2. The van der Waals surface area contributed by atoms with Gasteiger partial charge < -0.3 is 10.6 Å². The van der Waals surface area contributed by atoms with E-state index in [4.69, 9.17) is 0 Å². The van der Waals surface area contributed by atoms with Gasteiger partial charge in [-0.1, -0.05) is 6.92 Å². The Bertz CT molecular complexity index is 530. The smallest absolute Gasteiger partial charge is 0.325 e. The van der Waals surface area contributed by atoms with Crippen LogP contribution >= 0.6 is 0 Å². The van der Waals surface area contributed by atoms with Crippen molar-refractivity contribution in [3.05, 3.63) is 29.6 Å². The first kappa shape index (κ1) is 15.8. The molecule has 1 saturated heterocycles. The number of nitrogens with one attached hydrogen (secondary N) is 2. The molecule has 0 aromatic heterocycles. The van der Waals surface area contributed by atoms with Crippen LogP contribution in [0.2, 0.25) is 0 Å². The third-order valence-electron chi connectivity index (χ3n) is 3.59. The summed E-state index contributed by atoms with van der Waals surface area (Å²) in [6, 6.07) is 1.99. The van der Waals surface area contributed by atoms with Gasteiger partial charge in [-0.3, -0.25) is 4.79 Å². The monoisotopic (exact) mass is 304 g/mol. The molecule has 0 spiro atoms. The normalized spacial score (nSPS) is 22.9. The van der Waals surface area contributed by atoms with Crippen molar-refractivity contribution in [1.29, 1.82) is 0 Å². The second kappa shape index (κ2) is 6.01. The molecule has 0 saturated carbocycles. The Morgan fingerprint density at radius 1 is 1.38 bits per heavy atom. The van der Waals surface area contributed by atoms with Crippen LogP contribution in [-0.4, -0.2) is 18.5 Å². The number of carbonyl (C=O) groups is 1. The van der Waals surface area contributed by atoms with E-state index >= 15 is 0 Å². The number of hydrogen-bond donors (Lipinski definition) is 2. The lowest BCUT2D eigenvalue weighted by molar-refractivity contribution is -0.140. The molecule has 0 aliphatic carbocycles. The van der Waals surface area contributed by atoms with Gasteiger partial charge in [0.2, 0.25) is 5.91 Å². The predicted octanol–water partition coefficient (Wildman–Crippen LogP) is 3.17. The Hall–Kier alpha value is -1.63. The zero-order chi connectivity index (χ0) is 15.6. The highest BCUT2D eigenvalue weighted by molar-refractivity contribution is 5.95. The van der Waals surface area contributed by atoms with Gasteiger partial charge >= 0.3 is 6.18 Å². The molecule has 1 aliphatic heterocycles. The van der Waals surface area contributed by atoms with Gasteiger partial charge in [-0.2, -0.15) is 13.2 Å². The van der Waals surface area contributed by atoms with Crippen LogP contribution < -0.4 is 10.6 Å². The molecular weight excluding hydrogens is 288 g/mol. The number of amides is 1. The predicted molar refractivity (Wildman–Crippen MR) is 70.2 cm³/mol. The summed E-state index contributed by atoms with van der Waals surface area (Å²) >= 11 is 0. The molecule has 2 atom stereocenters. The standard InChI is InChI=1S/C14H16F4N2O/c1-8-3-2-6-19-12(8)13(21)20-9-4-5-11(15)10(7-9)14(16,17)18/h4-5,7-8,12,19H,2-3,6H2,1H3,(H,20,21). The van der Waals surface area contributed by atoms with Crippen molar-refractivity contribution >= 4 is 11.6 Å². The molecule has 2 rings (SSSR count). The minimum atomic E-state index is -4.79. The van der Waals surface area contributed by atoms with Crippen LogP contribution in [0, 0.1) is 11.7 Å². The summed E-state index contributed by atoms with van der Waals surface area (Å²) in [7, 11) is 0. The second-order valence-electron chi connectivity index (χ2n) is 5.23. The summed E-state index contributed by atoms with van der Waals surface area (Å²) in [6.45, 7) is 2.60. The summed E-state index contributed by atoms with van der Waals surface area (Å²) < 4.78 is 51.0. The Morgan fingerprint density at radius 2 is 2.10 bits per heavy atom.